The summed E-state index contributed by atoms with van der Waals surface area (Å²) in [5.41, 5.74) is 31.6. The Balaban J connectivity index is 1.37. The van der Waals surface area contributed by atoms with Gasteiger partial charge in [-0.3, -0.25) is 4.57 Å². The van der Waals surface area contributed by atoms with E-state index in [1.54, 1.807) is 0 Å². The molecule has 0 atom stereocenters. The van der Waals surface area contributed by atoms with Gasteiger partial charge in [-0.1, -0.05) is 138 Å². The molecule has 0 saturated carbocycles. The average molecular weight is 790 g/mol. The lowest BCUT2D eigenvalue weighted by molar-refractivity contribution is 1.02. The van der Waals surface area contributed by atoms with E-state index in [0.717, 1.165) is 22.2 Å². The molecule has 0 spiro atoms. The number of hydrogen-bond donors (Lipinski definition) is 0. The van der Waals surface area contributed by atoms with Gasteiger partial charge in [0.25, 0.3) is 0 Å². The Kier molecular flexibility index (Phi) is 9.71. The fraction of sp³-hybridized carbons (Fsp3) is 0. The molecule has 0 amide bonds. The maximum atomic E-state index is 5.62. The maximum Gasteiger partial charge on any atom is 0.235 e. The van der Waals surface area contributed by atoms with Crippen LogP contribution in [0.1, 0.15) is 0 Å². The van der Waals surface area contributed by atoms with E-state index in [1.165, 1.54) is 142 Å². The third-order valence-electron chi connectivity index (χ3n) is 15.9. The normalized spacial score (nSPS) is 11.8. The van der Waals surface area contributed by atoms with Gasteiger partial charge in [0.1, 0.15) is 118 Å². The molecule has 0 bridgehead atoms. The van der Waals surface area contributed by atoms with Crippen LogP contribution in [0.15, 0.2) is 78.9 Å². The van der Waals surface area contributed by atoms with Crippen molar-refractivity contribution in [3.8, 4) is 34.0 Å². The van der Waals surface area contributed by atoms with Crippen molar-refractivity contribution < 1.29 is 0 Å². The Morgan fingerprint density at radius 1 is 0.302 bits per heavy atom. The van der Waals surface area contributed by atoms with Crippen LogP contribution in [0.4, 0.5) is 0 Å². The van der Waals surface area contributed by atoms with Gasteiger partial charge in [0.15, 0.2) is 0 Å². The molecule has 10 aromatic rings. The Morgan fingerprint density at radius 3 is 1.19 bits per heavy atom. The van der Waals surface area contributed by atoms with E-state index in [0.29, 0.717) is 5.95 Å². The van der Waals surface area contributed by atoms with Crippen molar-refractivity contribution >= 4 is 254 Å². The van der Waals surface area contributed by atoms with E-state index in [1.807, 2.05) is 0 Å². The topological polar surface area (TPSA) is 35.6 Å². The van der Waals surface area contributed by atoms with Gasteiger partial charge in [-0.05, 0) is 33.4 Å². The first-order valence-electron chi connectivity index (χ1n) is 22.5. The van der Waals surface area contributed by atoms with Crippen LogP contribution in [0.2, 0.25) is 0 Å². The van der Waals surface area contributed by atoms with E-state index in [-0.39, 0.29) is 0 Å². The molecule has 3 aromatic heterocycles. The lowest BCUT2D eigenvalue weighted by Crippen LogP contribution is -2.49. The van der Waals surface area contributed by atoms with Crippen molar-refractivity contribution in [2.75, 3.05) is 0 Å². The number of nitrogens with zero attached hydrogens (tertiary/aromatic N) is 4. The van der Waals surface area contributed by atoms with Gasteiger partial charge in [-0.25, -0.2) is 9.97 Å². The molecule has 0 unspecified atom stereocenters. The molecular weight excluding hydrogens is 747 g/mol. The second-order valence-corrected chi connectivity index (χ2v) is 18.6. The van der Waals surface area contributed by atoms with Crippen LogP contribution in [0.25, 0.3) is 88.5 Å². The van der Waals surface area contributed by atoms with Crippen molar-refractivity contribution in [3.63, 3.8) is 0 Å². The summed E-state index contributed by atoms with van der Waals surface area (Å²) in [6.45, 7) is 0. The molecular formula is C44H43B15N4. The molecule has 0 fully saturated rings. The highest BCUT2D eigenvalue weighted by Crippen LogP contribution is 2.34. The Labute approximate surface area is 384 Å². The second-order valence-electron chi connectivity index (χ2n) is 18.6. The van der Waals surface area contributed by atoms with Gasteiger partial charge in [0.2, 0.25) is 5.95 Å². The first-order chi connectivity index (χ1) is 30.1. The van der Waals surface area contributed by atoms with Gasteiger partial charge in [-0.2, -0.15) is 0 Å². The number of rotatable bonds is 4. The summed E-state index contributed by atoms with van der Waals surface area (Å²) in [4.78, 5) is 11.1. The first kappa shape index (κ1) is 41.5. The zero-order chi connectivity index (χ0) is 44.7. The predicted octanol–water partition coefficient (Wildman–Crippen LogP) is -15.0. The second kappa shape index (κ2) is 14.8. The summed E-state index contributed by atoms with van der Waals surface area (Å²) in [6.07, 6.45) is 0. The molecule has 0 aliphatic carbocycles. The summed E-state index contributed by atoms with van der Waals surface area (Å²) < 4.78 is 5.10. The van der Waals surface area contributed by atoms with Crippen molar-refractivity contribution in [3.05, 3.63) is 78.9 Å². The quantitative estimate of drug-likeness (QED) is 0.167. The summed E-state index contributed by atoms with van der Waals surface area (Å²) in [6, 6.07) is 27.9. The van der Waals surface area contributed by atoms with Crippen LogP contribution in [-0.2, 0) is 0 Å². The Bertz CT molecular complexity index is 3600. The summed E-state index contributed by atoms with van der Waals surface area (Å²) in [5, 5.41) is 6.39. The van der Waals surface area contributed by atoms with Crippen LogP contribution in [0.5, 0.6) is 0 Å². The van der Waals surface area contributed by atoms with Gasteiger partial charge >= 0.3 is 0 Å². The number of fused-ring (bicyclic) bond motifs is 7. The van der Waals surface area contributed by atoms with Gasteiger partial charge in [-0.15, -0.1) is 16.4 Å². The minimum Gasteiger partial charge on any atom is -0.312 e. The minimum absolute atomic E-state index is 0.697. The van der Waals surface area contributed by atoms with Gasteiger partial charge < -0.3 is 4.57 Å². The molecule has 0 N–H and O–H groups in total. The largest absolute Gasteiger partial charge is 0.312 e. The Hall–Kier alpha value is -5.55. The van der Waals surface area contributed by atoms with Crippen molar-refractivity contribution in [2.24, 2.45) is 0 Å². The highest BCUT2D eigenvalue weighted by atomic mass is 15.2. The number of hydrogen-bond acceptors (Lipinski definition) is 2. The van der Waals surface area contributed by atoms with Crippen LogP contribution in [0, 0.1) is 0 Å². The van der Waals surface area contributed by atoms with E-state index in [4.69, 9.17) is 9.97 Å². The number of aromatic nitrogens is 4. The molecule has 0 aliphatic heterocycles. The molecule has 19 heteroatoms. The molecule has 7 aromatic carbocycles. The molecule has 4 nitrogen and oxygen atoms in total. The van der Waals surface area contributed by atoms with Crippen LogP contribution in [-0.4, -0.2) is 137 Å². The summed E-state index contributed by atoms with van der Waals surface area (Å²) in [5.74, 6) is 0.697. The van der Waals surface area contributed by atoms with E-state index in [2.05, 4.69) is 206 Å². The smallest absolute Gasteiger partial charge is 0.235 e. The zero-order valence-corrected chi connectivity index (χ0v) is 39.8. The van der Waals surface area contributed by atoms with Crippen LogP contribution in [0.3, 0.4) is 0 Å². The lowest BCUT2D eigenvalue weighted by Gasteiger charge is -2.23. The standard InChI is InChI=1S/C44H43B15N4/c45-23-19-20-24(46)28(50)31(53)34(56)40(20)62(39(19)33(55)30(52)27(23)49)43-26(48)22-21-25(47)29(51)32(54)35(57)41(21)63(42(22)36(58)37(43)59)44-60-18-9-5-4-8-17(18)38(61-44)16-12-10-15(11-13-16)14-6-2-1-3-7-14/h1-13H,45-59H2. The monoisotopic (exact) mass is 792 g/mol. The molecule has 0 saturated heterocycles. The highest BCUT2D eigenvalue weighted by Gasteiger charge is 2.29. The molecule has 10 rings (SSSR count). The number of benzene rings is 7. The average Bonchev–Trinajstić information content (AvgIpc) is 3.85. The third-order valence-corrected chi connectivity index (χ3v) is 15.9. The van der Waals surface area contributed by atoms with E-state index < -0.39 is 0 Å². The maximum absolute atomic E-state index is 5.62. The lowest BCUT2D eigenvalue weighted by atomic mass is 9.63. The molecule has 0 radical (unpaired) electrons. The summed E-state index contributed by atoms with van der Waals surface area (Å²) >= 11 is 0. The van der Waals surface area contributed by atoms with Crippen LogP contribution >= 0.6 is 0 Å². The zero-order valence-electron chi connectivity index (χ0n) is 39.8. The van der Waals surface area contributed by atoms with E-state index in [9.17, 15) is 0 Å². The van der Waals surface area contributed by atoms with Gasteiger partial charge in [0, 0.05) is 44.1 Å². The highest BCUT2D eigenvalue weighted by molar-refractivity contribution is 6.73. The molecule has 3 heterocycles. The Morgan fingerprint density at radius 2 is 0.683 bits per heavy atom. The fourth-order valence-corrected chi connectivity index (χ4v) is 11.2. The number of para-hydroxylation sites is 1. The minimum atomic E-state index is 0.697. The van der Waals surface area contributed by atoms with Crippen molar-refractivity contribution in [1.29, 1.82) is 0 Å². The molecule has 284 valence electrons. The van der Waals surface area contributed by atoms with Crippen LogP contribution < -0.4 is 81.9 Å². The van der Waals surface area contributed by atoms with Crippen molar-refractivity contribution in [1.82, 2.24) is 19.1 Å². The third kappa shape index (κ3) is 5.69. The summed E-state index contributed by atoms with van der Waals surface area (Å²) in [7, 11) is 34.8. The SMILES string of the molecule is Bc1c(B)c(B)c2c(c1B)c1c(B)c(-n3c4c(B)c(B)c(B)c(B)c4c4c(B)c(B)c(B)c(B)c43)c(B)c(B)c1n2-c1nc(-c2ccc(-c3ccccc3)cc2)c2ccccc2n1. The first-order valence-corrected chi connectivity index (χ1v) is 22.5. The predicted molar refractivity (Wildman–Crippen MR) is 322 cm³/mol. The van der Waals surface area contributed by atoms with Crippen molar-refractivity contribution in [2.45, 2.75) is 0 Å². The van der Waals surface area contributed by atoms with Gasteiger partial charge in [0.05, 0.1) is 11.2 Å². The fourth-order valence-electron chi connectivity index (χ4n) is 11.2. The molecule has 63 heavy (non-hydrogen) atoms. The molecule has 0 aliphatic rings. The van der Waals surface area contributed by atoms with E-state index >= 15 is 0 Å².